The van der Waals surface area contributed by atoms with Gasteiger partial charge in [0, 0.05) is 10.6 Å². The Hall–Kier alpha value is -0.320. The smallest absolute Gasteiger partial charge is 0.105 e. The van der Waals surface area contributed by atoms with Gasteiger partial charge in [-0.1, -0.05) is 49.2 Å². The number of benzene rings is 1. The number of hydrogen-bond acceptors (Lipinski definition) is 0. The summed E-state index contributed by atoms with van der Waals surface area (Å²) in [6, 6.07) is 8.69. The van der Waals surface area contributed by atoms with Gasteiger partial charge in [0.05, 0.1) is 14.1 Å². The Morgan fingerprint density at radius 1 is 1.20 bits per heavy atom. The minimum atomic E-state index is 0. The van der Waals surface area contributed by atoms with Gasteiger partial charge in [0.25, 0.3) is 0 Å². The average molecular weight is 474 g/mol. The van der Waals surface area contributed by atoms with Crippen molar-refractivity contribution in [3.63, 3.8) is 0 Å². The van der Waals surface area contributed by atoms with Gasteiger partial charge in [0.2, 0.25) is 0 Å². The van der Waals surface area contributed by atoms with Crippen LogP contribution in [0.5, 0.6) is 0 Å². The lowest BCUT2D eigenvalue weighted by Crippen LogP contribution is -3.00. The quantitative estimate of drug-likeness (QED) is 0.454. The molecule has 1 aromatic carbocycles. The molecule has 1 aliphatic rings. The van der Waals surface area contributed by atoms with Gasteiger partial charge in [-0.05, 0) is 62.3 Å². The second kappa shape index (κ2) is 9.05. The van der Waals surface area contributed by atoms with Crippen LogP contribution in [0.15, 0.2) is 47.6 Å². The van der Waals surface area contributed by atoms with Crippen molar-refractivity contribution in [1.29, 1.82) is 0 Å². The van der Waals surface area contributed by atoms with Gasteiger partial charge < -0.3 is 28.5 Å². The highest BCUT2D eigenvalue weighted by molar-refractivity contribution is 6.30. The zero-order valence-electron chi connectivity index (χ0n) is 16.6. The molecule has 0 bridgehead atoms. The molecule has 2 rings (SSSR count). The number of likely N-dealkylation sites (N-methyl/N-ethyl adjacent to an activating group) is 1. The number of allylic oxidation sites excluding steroid dienone is 3. The van der Waals surface area contributed by atoms with Crippen molar-refractivity contribution in [2.24, 2.45) is 5.41 Å². The van der Waals surface area contributed by atoms with Crippen molar-refractivity contribution in [3.8, 4) is 0 Å². The number of nitrogens with zero attached hydrogens (tertiary/aromatic N) is 1. The van der Waals surface area contributed by atoms with Gasteiger partial charge in [0.15, 0.2) is 0 Å². The summed E-state index contributed by atoms with van der Waals surface area (Å²) in [5.74, 6) is 0. The first-order chi connectivity index (χ1) is 11.1. The molecule has 1 unspecified atom stereocenters. The molecule has 0 amide bonds. The molecule has 1 aliphatic carbocycles. The Labute approximate surface area is 176 Å². The molecule has 0 spiro atoms. The summed E-state index contributed by atoms with van der Waals surface area (Å²) in [6.07, 6.45) is 8.68. The second-order valence-electron chi connectivity index (χ2n) is 8.59. The van der Waals surface area contributed by atoms with Crippen LogP contribution in [0.2, 0.25) is 5.02 Å². The Kier molecular flexibility index (Phi) is 8.23. The molecule has 1 atom stereocenters. The highest BCUT2D eigenvalue weighted by Gasteiger charge is 2.28. The van der Waals surface area contributed by atoms with Gasteiger partial charge in [0.1, 0.15) is 12.6 Å². The van der Waals surface area contributed by atoms with Crippen LogP contribution in [0.3, 0.4) is 0 Å². The van der Waals surface area contributed by atoms with E-state index >= 15 is 0 Å². The van der Waals surface area contributed by atoms with Crippen LogP contribution < -0.4 is 24.0 Å². The van der Waals surface area contributed by atoms with Crippen LogP contribution in [-0.4, -0.2) is 24.6 Å². The molecular formula is C22H33ClIN. The van der Waals surface area contributed by atoms with Crippen LogP contribution in [0.25, 0.3) is 0 Å². The van der Waals surface area contributed by atoms with Crippen LogP contribution in [0.4, 0.5) is 0 Å². The summed E-state index contributed by atoms with van der Waals surface area (Å²) in [4.78, 5) is 0. The van der Waals surface area contributed by atoms with E-state index in [0.29, 0.717) is 11.5 Å². The molecule has 0 fully saturated rings. The third kappa shape index (κ3) is 6.11. The number of halogens is 2. The van der Waals surface area contributed by atoms with Crippen molar-refractivity contribution in [2.75, 3.05) is 14.1 Å². The molecule has 1 nitrogen and oxygen atoms in total. The predicted octanol–water partition coefficient (Wildman–Crippen LogP) is 3.39. The highest BCUT2D eigenvalue weighted by Crippen LogP contribution is 2.40. The van der Waals surface area contributed by atoms with Gasteiger partial charge in [-0.15, -0.1) is 0 Å². The summed E-state index contributed by atoms with van der Waals surface area (Å²) in [5, 5.41) is 0.805. The maximum Gasteiger partial charge on any atom is 0.105 e. The summed E-state index contributed by atoms with van der Waals surface area (Å²) >= 11 is 6.00. The Balaban J connectivity index is 0.00000312. The average Bonchev–Trinajstić information content (AvgIpc) is 2.48. The molecule has 0 N–H and O–H groups in total. The summed E-state index contributed by atoms with van der Waals surface area (Å²) in [5.41, 5.74) is 4.76. The Morgan fingerprint density at radius 3 is 2.36 bits per heavy atom. The van der Waals surface area contributed by atoms with E-state index in [2.05, 4.69) is 66.1 Å². The summed E-state index contributed by atoms with van der Waals surface area (Å²) < 4.78 is 0.935. The fourth-order valence-corrected chi connectivity index (χ4v) is 3.81. The third-order valence-electron chi connectivity index (χ3n) is 5.69. The fraction of sp³-hybridized carbons (Fsp3) is 0.545. The predicted molar refractivity (Wildman–Crippen MR) is 106 cm³/mol. The Morgan fingerprint density at radius 2 is 1.80 bits per heavy atom. The molecule has 0 heterocycles. The Bertz CT molecular complexity index is 626. The molecular weight excluding hydrogens is 441 g/mol. The standard InChI is InChI=1S/C22H33ClN.HI/c1-17-8-7-15-22(3,4)21(17)14-9-18(2)24(5,6)16-19-10-12-20(23)13-11-19;/h9-14,18H,7-8,15-16H2,1-6H3;1H/q+1;/p-1/b14-9+;. The molecule has 3 heteroatoms. The van der Waals surface area contributed by atoms with Crippen molar-refractivity contribution in [2.45, 2.75) is 59.5 Å². The van der Waals surface area contributed by atoms with E-state index in [1.807, 2.05) is 12.1 Å². The van der Waals surface area contributed by atoms with E-state index in [9.17, 15) is 0 Å². The summed E-state index contributed by atoms with van der Waals surface area (Å²) in [6.45, 7) is 10.4. The second-order valence-corrected chi connectivity index (χ2v) is 9.03. The molecule has 0 aromatic heterocycles. The van der Waals surface area contributed by atoms with Gasteiger partial charge >= 0.3 is 0 Å². The third-order valence-corrected chi connectivity index (χ3v) is 5.94. The van der Waals surface area contributed by atoms with Crippen molar-refractivity contribution in [3.05, 3.63) is 58.1 Å². The van der Waals surface area contributed by atoms with Gasteiger partial charge in [-0.2, -0.15) is 0 Å². The lowest BCUT2D eigenvalue weighted by atomic mass is 9.72. The van der Waals surface area contributed by atoms with E-state index in [1.54, 1.807) is 11.1 Å². The van der Waals surface area contributed by atoms with Crippen molar-refractivity contribution >= 4 is 11.6 Å². The van der Waals surface area contributed by atoms with Crippen molar-refractivity contribution < 1.29 is 28.5 Å². The summed E-state index contributed by atoms with van der Waals surface area (Å²) in [7, 11) is 4.60. The monoisotopic (exact) mass is 473 g/mol. The largest absolute Gasteiger partial charge is 1.00 e. The maximum absolute atomic E-state index is 6.00. The number of hydrogen-bond donors (Lipinski definition) is 0. The first-order valence-corrected chi connectivity index (χ1v) is 9.45. The highest BCUT2D eigenvalue weighted by atomic mass is 127. The first kappa shape index (κ1) is 22.7. The molecule has 0 radical (unpaired) electrons. The zero-order valence-corrected chi connectivity index (χ0v) is 19.5. The topological polar surface area (TPSA) is 0 Å². The van der Waals surface area contributed by atoms with Crippen LogP contribution >= 0.6 is 11.6 Å². The molecule has 1 aromatic rings. The lowest BCUT2D eigenvalue weighted by molar-refractivity contribution is -0.919. The van der Waals surface area contributed by atoms with E-state index in [0.717, 1.165) is 16.1 Å². The fourth-order valence-electron chi connectivity index (χ4n) is 3.68. The minimum Gasteiger partial charge on any atom is -1.00 e. The molecule has 25 heavy (non-hydrogen) atoms. The van der Waals surface area contributed by atoms with E-state index in [1.165, 1.54) is 24.8 Å². The van der Waals surface area contributed by atoms with Gasteiger partial charge in [-0.25, -0.2) is 0 Å². The zero-order chi connectivity index (χ0) is 18.0. The van der Waals surface area contributed by atoms with Crippen LogP contribution in [0, 0.1) is 5.41 Å². The molecule has 0 saturated carbocycles. The number of quaternary nitrogens is 1. The minimum absolute atomic E-state index is 0. The van der Waals surface area contributed by atoms with Crippen LogP contribution in [-0.2, 0) is 6.54 Å². The molecule has 0 aliphatic heterocycles. The van der Waals surface area contributed by atoms with Gasteiger partial charge in [-0.3, -0.25) is 0 Å². The molecule has 140 valence electrons. The maximum atomic E-state index is 6.00. The van der Waals surface area contributed by atoms with Crippen molar-refractivity contribution in [1.82, 2.24) is 0 Å². The SMILES string of the molecule is CC1=C(/C=C/C(C)[N+](C)(C)Cc2ccc(Cl)cc2)C(C)(C)CCC1.[I-]. The normalized spacial score (nSPS) is 19.0. The number of rotatable bonds is 5. The first-order valence-electron chi connectivity index (χ1n) is 9.07. The van der Waals surface area contributed by atoms with E-state index in [4.69, 9.17) is 11.6 Å². The van der Waals surface area contributed by atoms with E-state index < -0.39 is 0 Å². The lowest BCUT2D eigenvalue weighted by Gasteiger charge is -2.36. The van der Waals surface area contributed by atoms with E-state index in [-0.39, 0.29) is 24.0 Å². The molecule has 0 saturated heterocycles. The van der Waals surface area contributed by atoms with Crippen LogP contribution in [0.1, 0.15) is 52.5 Å².